The van der Waals surface area contributed by atoms with Gasteiger partial charge in [-0.1, -0.05) is 54.6 Å². The van der Waals surface area contributed by atoms with E-state index < -0.39 is 34.5 Å². The number of carbonyl (C=O) groups is 2. The van der Waals surface area contributed by atoms with Gasteiger partial charge in [0, 0.05) is 31.2 Å². The van der Waals surface area contributed by atoms with Gasteiger partial charge in [0.05, 0.1) is 22.2 Å². The number of benzene rings is 3. The third-order valence-electron chi connectivity index (χ3n) is 7.35. The lowest BCUT2D eigenvalue weighted by molar-refractivity contribution is -0.138. The third kappa shape index (κ3) is 7.36. The van der Waals surface area contributed by atoms with Crippen molar-refractivity contribution in [3.8, 4) is 11.1 Å². The fourth-order valence-electron chi connectivity index (χ4n) is 5.28. The van der Waals surface area contributed by atoms with E-state index in [0.29, 0.717) is 35.2 Å². The van der Waals surface area contributed by atoms with E-state index >= 15 is 0 Å². The molecule has 2 heterocycles. The van der Waals surface area contributed by atoms with E-state index in [-0.39, 0.29) is 4.90 Å². The smallest absolute Gasteiger partial charge is 0.323 e. The van der Waals surface area contributed by atoms with Gasteiger partial charge in [0.15, 0.2) is 0 Å². The topological polar surface area (TPSA) is 155 Å². The molecule has 0 spiro atoms. The van der Waals surface area contributed by atoms with E-state index in [1.165, 1.54) is 0 Å². The Labute approximate surface area is 261 Å². The maximum atomic E-state index is 13.4. The quantitative estimate of drug-likeness (QED) is 0.140. The number of nitrogens with one attached hydrogen (secondary N) is 3. The number of pyridine rings is 1. The number of rotatable bonds is 13. The largest absolute Gasteiger partial charge is 0.480 e. The fraction of sp³-hybridized carbons (Fsp3) is 0.212. The second kappa shape index (κ2) is 13.7. The van der Waals surface area contributed by atoms with Crippen molar-refractivity contribution in [3.63, 3.8) is 0 Å². The Balaban J connectivity index is 1.25. The van der Waals surface area contributed by atoms with Crippen molar-refractivity contribution in [2.45, 2.75) is 37.8 Å². The Bertz CT molecular complexity index is 1900. The second-order valence-electron chi connectivity index (χ2n) is 10.6. The van der Waals surface area contributed by atoms with E-state index in [9.17, 15) is 23.1 Å². The molecule has 0 fully saturated rings. The normalized spacial score (nSPS) is 12.1. The van der Waals surface area contributed by atoms with Gasteiger partial charge in [-0.05, 0) is 66.8 Å². The summed E-state index contributed by atoms with van der Waals surface area (Å²) in [7, 11) is -4.24. The number of nitrogens with zero attached hydrogens (tertiary/aromatic N) is 3. The van der Waals surface area contributed by atoms with Gasteiger partial charge >= 0.3 is 5.97 Å². The average Bonchev–Trinajstić information content (AvgIpc) is 3.44. The molecule has 0 radical (unpaired) electrons. The van der Waals surface area contributed by atoms with E-state index in [4.69, 9.17) is 0 Å². The Morgan fingerprint density at radius 3 is 2.36 bits per heavy atom. The summed E-state index contributed by atoms with van der Waals surface area (Å²) < 4.78 is 30.9. The van der Waals surface area contributed by atoms with Crippen LogP contribution in [0, 0.1) is 13.8 Å². The zero-order chi connectivity index (χ0) is 32.0. The molecule has 0 aliphatic carbocycles. The minimum atomic E-state index is -4.24. The van der Waals surface area contributed by atoms with Gasteiger partial charge in [0.25, 0.3) is 5.91 Å². The summed E-state index contributed by atoms with van der Waals surface area (Å²) in [5, 5.41) is 20.7. The number of amides is 1. The van der Waals surface area contributed by atoms with Crippen LogP contribution in [0.1, 0.15) is 27.9 Å². The molecule has 1 amide bonds. The Hall–Kier alpha value is -5.07. The van der Waals surface area contributed by atoms with Crippen LogP contribution in [0.25, 0.3) is 22.0 Å². The van der Waals surface area contributed by atoms with Crippen molar-refractivity contribution in [3.05, 3.63) is 108 Å². The summed E-state index contributed by atoms with van der Waals surface area (Å²) in [6, 6.07) is 22.3. The van der Waals surface area contributed by atoms with Crippen LogP contribution >= 0.6 is 0 Å². The highest BCUT2D eigenvalue weighted by molar-refractivity contribution is 7.89. The number of aryl methyl sites for hydroxylation is 3. The maximum absolute atomic E-state index is 13.4. The van der Waals surface area contributed by atoms with Gasteiger partial charge in [-0.3, -0.25) is 14.3 Å². The number of hydrogen-bond acceptors (Lipinski definition) is 7. The molecule has 1 unspecified atom stereocenters. The maximum Gasteiger partial charge on any atom is 0.323 e. The minimum Gasteiger partial charge on any atom is -0.480 e. The third-order valence-corrected chi connectivity index (χ3v) is 9.12. The molecule has 4 N–H and O–H groups in total. The van der Waals surface area contributed by atoms with Crippen molar-refractivity contribution in [2.24, 2.45) is 0 Å². The number of hydrogen-bond donors (Lipinski definition) is 4. The first-order valence-corrected chi connectivity index (χ1v) is 15.9. The summed E-state index contributed by atoms with van der Waals surface area (Å²) >= 11 is 0. The van der Waals surface area contributed by atoms with Crippen molar-refractivity contribution in [1.82, 2.24) is 24.8 Å². The Morgan fingerprint density at radius 2 is 1.67 bits per heavy atom. The van der Waals surface area contributed by atoms with Crippen LogP contribution in [0.5, 0.6) is 0 Å². The lowest BCUT2D eigenvalue weighted by atomic mass is 10.0. The van der Waals surface area contributed by atoms with Crippen LogP contribution in [0.4, 0.5) is 5.82 Å². The molecular weight excluding hydrogens is 592 g/mol. The van der Waals surface area contributed by atoms with E-state index in [2.05, 4.69) is 25.4 Å². The summed E-state index contributed by atoms with van der Waals surface area (Å²) in [5.41, 5.74) is 3.80. The summed E-state index contributed by atoms with van der Waals surface area (Å²) in [6.45, 7) is 4.16. The van der Waals surface area contributed by atoms with Gasteiger partial charge in [0.1, 0.15) is 11.9 Å². The lowest BCUT2D eigenvalue weighted by Crippen LogP contribution is -2.48. The molecule has 2 aromatic heterocycles. The van der Waals surface area contributed by atoms with Crippen LogP contribution in [0.2, 0.25) is 0 Å². The fourth-order valence-corrected chi connectivity index (χ4v) is 6.92. The number of anilines is 1. The van der Waals surface area contributed by atoms with Crippen LogP contribution < -0.4 is 15.4 Å². The summed E-state index contributed by atoms with van der Waals surface area (Å²) in [6.07, 6.45) is 4.08. The first kappa shape index (κ1) is 31.4. The highest BCUT2D eigenvalue weighted by Gasteiger charge is 2.29. The molecule has 3 aromatic carbocycles. The van der Waals surface area contributed by atoms with Gasteiger partial charge in [-0.25, -0.2) is 13.4 Å². The molecule has 45 heavy (non-hydrogen) atoms. The van der Waals surface area contributed by atoms with Crippen LogP contribution in [-0.4, -0.2) is 59.3 Å². The van der Waals surface area contributed by atoms with Gasteiger partial charge in [-0.2, -0.15) is 9.82 Å². The first-order valence-electron chi connectivity index (χ1n) is 14.4. The molecule has 232 valence electrons. The molecule has 11 nitrogen and oxygen atoms in total. The number of aromatic nitrogens is 3. The Kier molecular flexibility index (Phi) is 9.55. The second-order valence-corrected chi connectivity index (χ2v) is 12.3. The van der Waals surface area contributed by atoms with Gasteiger partial charge < -0.3 is 15.7 Å². The minimum absolute atomic E-state index is 0.00664. The number of carbonyl (C=O) groups excluding carboxylic acids is 1. The number of sulfonamides is 1. The summed E-state index contributed by atoms with van der Waals surface area (Å²) in [4.78, 5) is 29.5. The number of carboxylic acids is 1. The average molecular weight is 627 g/mol. The predicted octanol–water partition coefficient (Wildman–Crippen LogP) is 4.38. The first-order chi connectivity index (χ1) is 21.6. The number of carboxylic acid groups (broad SMARTS) is 1. The molecule has 0 saturated carbocycles. The molecule has 0 bridgehead atoms. The monoisotopic (exact) mass is 626 g/mol. The molecule has 5 rings (SSSR count). The number of aliphatic carboxylic acids is 1. The van der Waals surface area contributed by atoms with Gasteiger partial charge in [0.2, 0.25) is 10.0 Å². The van der Waals surface area contributed by atoms with Crippen molar-refractivity contribution in [1.29, 1.82) is 0 Å². The molecule has 0 aliphatic heterocycles. The molecule has 5 aromatic rings. The van der Waals surface area contributed by atoms with Crippen molar-refractivity contribution >= 4 is 38.6 Å². The highest BCUT2D eigenvalue weighted by Crippen LogP contribution is 2.28. The van der Waals surface area contributed by atoms with Crippen molar-refractivity contribution in [2.75, 3.05) is 18.4 Å². The zero-order valence-corrected chi connectivity index (χ0v) is 25.7. The van der Waals surface area contributed by atoms with E-state index in [0.717, 1.165) is 28.9 Å². The predicted molar refractivity (Wildman–Crippen MR) is 173 cm³/mol. The van der Waals surface area contributed by atoms with E-state index in [1.54, 1.807) is 55.2 Å². The van der Waals surface area contributed by atoms with Crippen LogP contribution in [0.3, 0.4) is 0 Å². The summed E-state index contributed by atoms with van der Waals surface area (Å²) in [5.74, 6) is -1.17. The standard InChI is InChI=1S/C33H34N6O5S/c1-22-18-25(24-10-4-3-5-11-24)19-23(2)31(22)45(43,44)38-28(33(41)42)21-36-32(40)26-12-8-13-29-27(26)20-37-39(29)17-9-16-35-30-14-6-7-15-34-30/h3-8,10-15,18-20,28,38H,9,16-17,21H2,1-2H3,(H,34,35)(H,36,40)(H,41,42). The van der Waals surface area contributed by atoms with Crippen molar-refractivity contribution < 1.29 is 23.1 Å². The highest BCUT2D eigenvalue weighted by atomic mass is 32.2. The van der Waals surface area contributed by atoms with E-state index in [1.807, 2.05) is 54.6 Å². The molecule has 1 atom stereocenters. The number of fused-ring (bicyclic) bond motifs is 1. The zero-order valence-electron chi connectivity index (χ0n) is 24.9. The van der Waals surface area contributed by atoms with Crippen LogP contribution in [-0.2, 0) is 21.4 Å². The SMILES string of the molecule is Cc1cc(-c2ccccc2)cc(C)c1S(=O)(=O)NC(CNC(=O)c1cccc2c1cnn2CCCNc1ccccn1)C(=O)O. The van der Waals surface area contributed by atoms with Crippen LogP contribution in [0.15, 0.2) is 96.2 Å². The molecule has 0 saturated heterocycles. The van der Waals surface area contributed by atoms with Gasteiger partial charge in [-0.15, -0.1) is 0 Å². The molecular formula is C33H34N6O5S. The lowest BCUT2D eigenvalue weighted by Gasteiger charge is -2.19. The Morgan fingerprint density at radius 1 is 0.933 bits per heavy atom. The molecule has 12 heteroatoms. The molecule has 0 aliphatic rings.